The molecule has 1 amide bonds. The highest BCUT2D eigenvalue weighted by molar-refractivity contribution is 6.07. The van der Waals surface area contributed by atoms with Gasteiger partial charge in [-0.1, -0.05) is 36.4 Å². The number of carbonyl (C=O) groups excluding carboxylic acids is 2. The van der Waals surface area contributed by atoms with Crippen molar-refractivity contribution in [2.24, 2.45) is 0 Å². The minimum Gasteiger partial charge on any atom is -0.351 e. The van der Waals surface area contributed by atoms with Crippen LogP contribution in [0.5, 0.6) is 0 Å². The molecule has 1 N–H and O–H groups in total. The number of rotatable bonds is 3. The van der Waals surface area contributed by atoms with Crippen LogP contribution in [0.25, 0.3) is 0 Å². The molecule has 3 nitrogen and oxygen atoms in total. The lowest BCUT2D eigenvalue weighted by atomic mass is 9.96. The molecule has 0 radical (unpaired) electrons. The van der Waals surface area contributed by atoms with Gasteiger partial charge in [0, 0.05) is 24.1 Å². The molecule has 22 heavy (non-hydrogen) atoms. The molecule has 0 aliphatic heterocycles. The van der Waals surface area contributed by atoms with Crippen LogP contribution in [0.4, 0.5) is 4.39 Å². The second-order valence-corrected chi connectivity index (χ2v) is 5.53. The number of benzene rings is 2. The summed E-state index contributed by atoms with van der Waals surface area (Å²) in [5.41, 5.74) is 2.81. The standard InChI is InChI=1S/C18H16FNO2/c1-11-5-4-7-13-16(21)9-14(17(11)13)18(22)20-10-12-6-2-3-8-15(12)19/h2-8,14H,9-10H2,1H3,(H,20,22). The van der Waals surface area contributed by atoms with Crippen LogP contribution in [0.15, 0.2) is 42.5 Å². The molecule has 1 unspecified atom stereocenters. The van der Waals surface area contributed by atoms with Gasteiger partial charge in [-0.25, -0.2) is 4.39 Å². The van der Waals surface area contributed by atoms with Crippen LogP contribution in [-0.4, -0.2) is 11.7 Å². The van der Waals surface area contributed by atoms with Crippen LogP contribution < -0.4 is 5.32 Å². The van der Waals surface area contributed by atoms with E-state index in [1.165, 1.54) is 6.07 Å². The summed E-state index contributed by atoms with van der Waals surface area (Å²) in [4.78, 5) is 24.4. The van der Waals surface area contributed by atoms with Gasteiger partial charge >= 0.3 is 0 Å². The van der Waals surface area contributed by atoms with E-state index in [0.29, 0.717) is 11.1 Å². The molecule has 0 fully saturated rings. The predicted molar refractivity (Wildman–Crippen MR) is 81.1 cm³/mol. The highest BCUT2D eigenvalue weighted by Crippen LogP contribution is 2.35. The van der Waals surface area contributed by atoms with E-state index in [1.54, 1.807) is 24.3 Å². The molecule has 4 heteroatoms. The Balaban J connectivity index is 1.78. The maximum Gasteiger partial charge on any atom is 0.228 e. The molecule has 3 rings (SSSR count). The average Bonchev–Trinajstić information content (AvgIpc) is 2.85. The smallest absolute Gasteiger partial charge is 0.228 e. The second kappa shape index (κ2) is 5.72. The first-order valence-electron chi connectivity index (χ1n) is 7.21. The van der Waals surface area contributed by atoms with Gasteiger partial charge < -0.3 is 5.32 Å². The van der Waals surface area contributed by atoms with E-state index >= 15 is 0 Å². The Labute approximate surface area is 128 Å². The summed E-state index contributed by atoms with van der Waals surface area (Å²) in [5, 5.41) is 2.74. The van der Waals surface area contributed by atoms with Crippen molar-refractivity contribution in [3.8, 4) is 0 Å². The van der Waals surface area contributed by atoms with Gasteiger partial charge in [0.1, 0.15) is 5.82 Å². The fourth-order valence-corrected chi connectivity index (χ4v) is 2.95. The van der Waals surface area contributed by atoms with E-state index in [0.717, 1.165) is 11.1 Å². The Kier molecular flexibility index (Phi) is 3.75. The van der Waals surface area contributed by atoms with Gasteiger partial charge in [0.15, 0.2) is 5.78 Å². The van der Waals surface area contributed by atoms with E-state index in [4.69, 9.17) is 0 Å². The molecule has 1 aliphatic carbocycles. The van der Waals surface area contributed by atoms with Crippen molar-refractivity contribution in [2.45, 2.75) is 25.8 Å². The molecule has 0 aromatic heterocycles. The molecule has 1 aliphatic rings. The topological polar surface area (TPSA) is 46.2 Å². The first-order valence-corrected chi connectivity index (χ1v) is 7.21. The van der Waals surface area contributed by atoms with E-state index < -0.39 is 5.92 Å². The summed E-state index contributed by atoms with van der Waals surface area (Å²) in [6.45, 7) is 2.02. The summed E-state index contributed by atoms with van der Waals surface area (Å²) in [6, 6.07) is 11.8. The number of Topliss-reactive ketones (excluding diaryl/α,β-unsaturated/α-hetero) is 1. The third kappa shape index (κ3) is 2.52. The van der Waals surface area contributed by atoms with E-state index in [1.807, 2.05) is 19.1 Å². The SMILES string of the molecule is Cc1cccc2c1C(C(=O)NCc1ccccc1F)CC2=O. The Morgan fingerprint density at radius 3 is 2.77 bits per heavy atom. The summed E-state index contributed by atoms with van der Waals surface area (Å²) < 4.78 is 13.6. The van der Waals surface area contributed by atoms with E-state index in [2.05, 4.69) is 5.32 Å². The van der Waals surface area contributed by atoms with E-state index in [-0.39, 0.29) is 30.5 Å². The van der Waals surface area contributed by atoms with Gasteiger partial charge in [0.05, 0.1) is 5.92 Å². The maximum atomic E-state index is 13.6. The number of hydrogen-bond acceptors (Lipinski definition) is 2. The fourth-order valence-electron chi connectivity index (χ4n) is 2.95. The summed E-state index contributed by atoms with van der Waals surface area (Å²) in [7, 11) is 0. The lowest BCUT2D eigenvalue weighted by Gasteiger charge is -2.14. The fraction of sp³-hybridized carbons (Fsp3) is 0.222. The molecule has 0 heterocycles. The van der Waals surface area contributed by atoms with Gasteiger partial charge in [-0.2, -0.15) is 0 Å². The zero-order valence-electron chi connectivity index (χ0n) is 12.2. The molecule has 112 valence electrons. The zero-order valence-corrected chi connectivity index (χ0v) is 12.2. The van der Waals surface area contributed by atoms with Gasteiger partial charge in [0.25, 0.3) is 0 Å². The summed E-state index contributed by atoms with van der Waals surface area (Å²) in [5.74, 6) is -1.06. The van der Waals surface area contributed by atoms with Gasteiger partial charge in [-0.15, -0.1) is 0 Å². The minimum absolute atomic E-state index is 0.00950. The Bertz CT molecular complexity index is 755. The number of ketones is 1. The van der Waals surface area contributed by atoms with Crippen molar-refractivity contribution < 1.29 is 14.0 Å². The molecular formula is C18H16FNO2. The predicted octanol–water partition coefficient (Wildman–Crippen LogP) is 3.12. The first kappa shape index (κ1) is 14.4. The third-order valence-corrected chi connectivity index (χ3v) is 4.09. The zero-order chi connectivity index (χ0) is 15.7. The molecular weight excluding hydrogens is 281 g/mol. The molecule has 2 aromatic carbocycles. The summed E-state index contributed by atoms with van der Waals surface area (Å²) >= 11 is 0. The third-order valence-electron chi connectivity index (χ3n) is 4.09. The molecule has 0 bridgehead atoms. The summed E-state index contributed by atoms with van der Waals surface area (Å²) in [6.07, 6.45) is 0.184. The number of aryl methyl sites for hydroxylation is 1. The van der Waals surface area contributed by atoms with Gasteiger partial charge in [-0.05, 0) is 24.1 Å². The largest absolute Gasteiger partial charge is 0.351 e. The van der Waals surface area contributed by atoms with Gasteiger partial charge in [0.2, 0.25) is 5.91 Å². The molecule has 0 saturated carbocycles. The van der Waals surface area contributed by atoms with Crippen LogP contribution >= 0.6 is 0 Å². The Morgan fingerprint density at radius 1 is 1.23 bits per heavy atom. The van der Waals surface area contributed by atoms with Crippen LogP contribution in [0.2, 0.25) is 0 Å². The number of carbonyl (C=O) groups is 2. The number of amides is 1. The lowest BCUT2D eigenvalue weighted by Crippen LogP contribution is -2.28. The van der Waals surface area contributed by atoms with Crippen molar-refractivity contribution in [3.05, 3.63) is 70.5 Å². The Hall–Kier alpha value is -2.49. The number of fused-ring (bicyclic) bond motifs is 1. The Morgan fingerprint density at radius 2 is 2.00 bits per heavy atom. The van der Waals surface area contributed by atoms with Crippen molar-refractivity contribution in [1.82, 2.24) is 5.32 Å². The molecule has 0 spiro atoms. The molecule has 1 atom stereocenters. The van der Waals surface area contributed by atoms with Crippen molar-refractivity contribution in [1.29, 1.82) is 0 Å². The van der Waals surface area contributed by atoms with Crippen LogP contribution in [0.1, 0.15) is 39.4 Å². The van der Waals surface area contributed by atoms with Crippen LogP contribution in [-0.2, 0) is 11.3 Å². The monoisotopic (exact) mass is 297 g/mol. The van der Waals surface area contributed by atoms with Crippen molar-refractivity contribution in [2.75, 3.05) is 0 Å². The molecule has 0 saturated heterocycles. The maximum absolute atomic E-state index is 13.6. The second-order valence-electron chi connectivity index (χ2n) is 5.53. The van der Waals surface area contributed by atoms with Crippen LogP contribution in [0, 0.1) is 12.7 Å². The normalized spacial score (nSPS) is 16.5. The minimum atomic E-state index is -0.476. The number of nitrogens with one attached hydrogen (secondary N) is 1. The van der Waals surface area contributed by atoms with Crippen LogP contribution in [0.3, 0.4) is 0 Å². The quantitative estimate of drug-likeness (QED) is 0.946. The molecule has 2 aromatic rings. The van der Waals surface area contributed by atoms with Crippen molar-refractivity contribution >= 4 is 11.7 Å². The number of halogens is 1. The highest BCUT2D eigenvalue weighted by Gasteiger charge is 2.35. The van der Waals surface area contributed by atoms with Gasteiger partial charge in [-0.3, -0.25) is 9.59 Å². The lowest BCUT2D eigenvalue weighted by molar-refractivity contribution is -0.122. The average molecular weight is 297 g/mol. The van der Waals surface area contributed by atoms with Crippen molar-refractivity contribution in [3.63, 3.8) is 0 Å². The highest BCUT2D eigenvalue weighted by atomic mass is 19.1. The number of hydrogen-bond donors (Lipinski definition) is 1. The van der Waals surface area contributed by atoms with E-state index in [9.17, 15) is 14.0 Å². The first-order chi connectivity index (χ1) is 10.6.